The highest BCUT2D eigenvalue weighted by Gasteiger charge is 2.27. The molecular weight excluding hydrogens is 380 g/mol. The number of amides is 2. The summed E-state index contributed by atoms with van der Waals surface area (Å²) in [6.45, 7) is 1.99. The minimum absolute atomic E-state index is 0.321. The Morgan fingerprint density at radius 3 is 2.73 bits per heavy atom. The van der Waals surface area contributed by atoms with Crippen LogP contribution < -0.4 is 5.32 Å². The van der Waals surface area contributed by atoms with Gasteiger partial charge in [0.05, 0.1) is 27.7 Å². The molecule has 2 N–H and O–H groups in total. The number of aromatic nitrogens is 2. The summed E-state index contributed by atoms with van der Waals surface area (Å²) in [5.41, 5.74) is 4.41. The number of benzene rings is 2. The van der Waals surface area contributed by atoms with Gasteiger partial charge in [0.15, 0.2) is 0 Å². The minimum Gasteiger partial charge on any atom is -0.457 e. The minimum atomic E-state index is -0.421. The van der Waals surface area contributed by atoms with Gasteiger partial charge in [-0.1, -0.05) is 12.1 Å². The molecule has 0 bridgehead atoms. The molecule has 0 aliphatic carbocycles. The summed E-state index contributed by atoms with van der Waals surface area (Å²) in [4.78, 5) is 31.2. The molecule has 0 fully saturated rings. The molecule has 7 heteroatoms. The average Bonchev–Trinajstić information content (AvgIpc) is 3.43. The van der Waals surface area contributed by atoms with Crippen LogP contribution in [0.5, 0.6) is 0 Å². The molecule has 1 aliphatic rings. The molecule has 30 heavy (non-hydrogen) atoms. The molecule has 0 saturated heterocycles. The van der Waals surface area contributed by atoms with Gasteiger partial charge in [0, 0.05) is 11.6 Å². The van der Waals surface area contributed by atoms with Gasteiger partial charge in [0.1, 0.15) is 23.4 Å². The van der Waals surface area contributed by atoms with E-state index < -0.39 is 11.8 Å². The van der Waals surface area contributed by atoms with Crippen LogP contribution in [0.2, 0.25) is 0 Å². The van der Waals surface area contributed by atoms with Crippen molar-refractivity contribution in [1.29, 1.82) is 5.26 Å². The number of allylic oxidation sites excluding steroid dienone is 1. The van der Waals surface area contributed by atoms with E-state index in [1.165, 1.54) is 0 Å². The lowest BCUT2D eigenvalue weighted by molar-refractivity contribution is 0.0879. The second kappa shape index (κ2) is 6.57. The fourth-order valence-electron chi connectivity index (χ4n) is 3.45. The van der Waals surface area contributed by atoms with Crippen molar-refractivity contribution in [1.82, 2.24) is 15.3 Å². The van der Waals surface area contributed by atoms with Gasteiger partial charge in [0.2, 0.25) is 0 Å². The number of nitrogens with zero attached hydrogens (tertiary/aromatic N) is 2. The highest BCUT2D eigenvalue weighted by Crippen LogP contribution is 2.28. The van der Waals surface area contributed by atoms with Crippen LogP contribution in [-0.4, -0.2) is 21.8 Å². The molecule has 7 nitrogen and oxygen atoms in total. The van der Waals surface area contributed by atoms with E-state index in [1.807, 2.05) is 25.1 Å². The molecule has 0 saturated carbocycles. The second-order valence-corrected chi connectivity index (χ2v) is 7.02. The summed E-state index contributed by atoms with van der Waals surface area (Å²) in [7, 11) is 0. The Bertz CT molecular complexity index is 1430. The van der Waals surface area contributed by atoms with Crippen LogP contribution in [-0.2, 0) is 0 Å². The normalized spacial score (nSPS) is 13.4. The maximum absolute atomic E-state index is 11.9. The van der Waals surface area contributed by atoms with E-state index >= 15 is 0 Å². The first-order valence-electron chi connectivity index (χ1n) is 9.20. The van der Waals surface area contributed by atoms with Crippen molar-refractivity contribution in [3.05, 3.63) is 76.8 Å². The van der Waals surface area contributed by atoms with Crippen LogP contribution in [0.3, 0.4) is 0 Å². The molecule has 3 heterocycles. The topological polar surface area (TPSA) is 112 Å². The van der Waals surface area contributed by atoms with Gasteiger partial charge in [0.25, 0.3) is 11.8 Å². The number of hydrogen-bond donors (Lipinski definition) is 2. The molecule has 144 valence electrons. The highest BCUT2D eigenvalue weighted by atomic mass is 16.3. The molecule has 5 rings (SSSR count). The number of aromatic amines is 1. The van der Waals surface area contributed by atoms with Crippen molar-refractivity contribution in [3.63, 3.8) is 0 Å². The third-order valence-electron chi connectivity index (χ3n) is 4.95. The predicted octanol–water partition coefficient (Wildman–Crippen LogP) is 4.08. The first kappa shape index (κ1) is 17.6. The van der Waals surface area contributed by atoms with Crippen LogP contribution in [0.15, 0.2) is 52.9 Å². The number of aryl methyl sites for hydroxylation is 1. The molecule has 0 spiro atoms. The van der Waals surface area contributed by atoms with E-state index in [-0.39, 0.29) is 0 Å². The average molecular weight is 394 g/mol. The predicted molar refractivity (Wildman–Crippen MR) is 110 cm³/mol. The Morgan fingerprint density at radius 2 is 1.90 bits per heavy atom. The SMILES string of the molecule is Cc1ccc2nc(C(C#N)=Cc3ccc(-c4ccc5c(c4)C(=O)NC5=O)o3)[nH]c2c1. The van der Waals surface area contributed by atoms with E-state index in [0.29, 0.717) is 39.6 Å². The van der Waals surface area contributed by atoms with Crippen LogP contribution in [0.25, 0.3) is 34.0 Å². The zero-order valence-corrected chi connectivity index (χ0v) is 15.8. The smallest absolute Gasteiger partial charge is 0.258 e. The molecule has 0 atom stereocenters. The summed E-state index contributed by atoms with van der Waals surface area (Å²) in [5.74, 6) is 0.636. The fraction of sp³-hybridized carbons (Fsp3) is 0.0435. The maximum atomic E-state index is 11.9. The Morgan fingerprint density at radius 1 is 1.07 bits per heavy atom. The fourth-order valence-corrected chi connectivity index (χ4v) is 3.45. The van der Waals surface area contributed by atoms with Gasteiger partial charge >= 0.3 is 0 Å². The number of carbonyl (C=O) groups excluding carboxylic acids is 2. The van der Waals surface area contributed by atoms with Gasteiger partial charge in [-0.25, -0.2) is 4.98 Å². The summed E-state index contributed by atoms with van der Waals surface area (Å²) in [6, 6.07) is 16.4. The van der Waals surface area contributed by atoms with Crippen molar-refractivity contribution in [2.24, 2.45) is 0 Å². The molecular formula is C23H14N4O3. The number of nitrogens with one attached hydrogen (secondary N) is 2. The molecule has 0 unspecified atom stereocenters. The molecule has 0 radical (unpaired) electrons. The first-order chi connectivity index (χ1) is 14.5. The number of furan rings is 1. The van der Waals surface area contributed by atoms with Crippen molar-refractivity contribution in [2.45, 2.75) is 6.92 Å². The second-order valence-electron chi connectivity index (χ2n) is 7.02. The van der Waals surface area contributed by atoms with Gasteiger partial charge in [-0.2, -0.15) is 5.26 Å². The van der Waals surface area contributed by atoms with Crippen LogP contribution in [0.1, 0.15) is 37.9 Å². The van der Waals surface area contributed by atoms with E-state index in [0.717, 1.165) is 16.6 Å². The first-order valence-corrected chi connectivity index (χ1v) is 9.20. The lowest BCUT2D eigenvalue weighted by atomic mass is 10.0. The Kier molecular flexibility index (Phi) is 3.86. The Balaban J connectivity index is 1.49. The number of hydrogen-bond acceptors (Lipinski definition) is 5. The van der Waals surface area contributed by atoms with Gasteiger partial charge in [-0.15, -0.1) is 0 Å². The number of rotatable bonds is 3. The largest absolute Gasteiger partial charge is 0.457 e. The summed E-state index contributed by atoms with van der Waals surface area (Å²) >= 11 is 0. The summed E-state index contributed by atoms with van der Waals surface area (Å²) in [5, 5.41) is 11.9. The van der Waals surface area contributed by atoms with Crippen LogP contribution in [0, 0.1) is 18.3 Å². The Hall–Kier alpha value is -4.44. The summed E-state index contributed by atoms with van der Waals surface area (Å²) in [6.07, 6.45) is 1.61. The number of H-pyrrole nitrogens is 1. The zero-order chi connectivity index (χ0) is 20.8. The number of imidazole rings is 1. The monoisotopic (exact) mass is 394 g/mol. The van der Waals surface area contributed by atoms with Crippen molar-refractivity contribution < 1.29 is 14.0 Å². The molecule has 4 aromatic rings. The number of imide groups is 1. The zero-order valence-electron chi connectivity index (χ0n) is 15.8. The molecule has 2 amide bonds. The molecule has 2 aromatic carbocycles. The van der Waals surface area contributed by atoms with Crippen LogP contribution in [0.4, 0.5) is 0 Å². The van der Waals surface area contributed by atoms with E-state index in [2.05, 4.69) is 21.4 Å². The number of carbonyl (C=O) groups is 2. The van der Waals surface area contributed by atoms with Crippen molar-refractivity contribution >= 4 is 34.5 Å². The van der Waals surface area contributed by atoms with Crippen molar-refractivity contribution in [2.75, 3.05) is 0 Å². The van der Waals surface area contributed by atoms with Gasteiger partial charge in [-0.05, 0) is 48.9 Å². The maximum Gasteiger partial charge on any atom is 0.258 e. The lowest BCUT2D eigenvalue weighted by Gasteiger charge is -1.99. The highest BCUT2D eigenvalue weighted by molar-refractivity contribution is 6.21. The number of fused-ring (bicyclic) bond motifs is 2. The third-order valence-corrected chi connectivity index (χ3v) is 4.95. The van der Waals surface area contributed by atoms with Crippen molar-refractivity contribution in [3.8, 4) is 17.4 Å². The third kappa shape index (κ3) is 2.88. The number of nitriles is 1. The molecule has 2 aromatic heterocycles. The quantitative estimate of drug-likeness (QED) is 0.402. The van der Waals surface area contributed by atoms with E-state index in [9.17, 15) is 14.9 Å². The summed E-state index contributed by atoms with van der Waals surface area (Å²) < 4.78 is 5.85. The Labute approximate surface area is 170 Å². The van der Waals surface area contributed by atoms with E-state index in [1.54, 1.807) is 36.4 Å². The standard InChI is InChI=1S/C23H14N4O3/c1-12-2-6-18-19(8-12)26-21(25-18)14(11-24)9-15-4-7-20(30-15)13-3-5-16-17(10-13)23(29)27-22(16)28/h2-10H,1H3,(H,25,26)(H,27,28,29). The van der Waals surface area contributed by atoms with E-state index in [4.69, 9.17) is 4.42 Å². The van der Waals surface area contributed by atoms with Gasteiger partial charge in [-0.3, -0.25) is 14.9 Å². The molecule has 1 aliphatic heterocycles. The van der Waals surface area contributed by atoms with Crippen LogP contribution >= 0.6 is 0 Å². The lowest BCUT2D eigenvalue weighted by Crippen LogP contribution is -2.19. The van der Waals surface area contributed by atoms with Gasteiger partial charge < -0.3 is 9.40 Å².